The second-order valence-electron chi connectivity index (χ2n) is 6.30. The molecule has 1 aliphatic heterocycles. The van der Waals surface area contributed by atoms with Crippen molar-refractivity contribution in [2.45, 2.75) is 0 Å². The van der Waals surface area contributed by atoms with Crippen molar-refractivity contribution in [3.05, 3.63) is 88.2 Å². The molecular weight excluding hydrogens is 406 g/mol. The normalized spacial score (nSPS) is 15.4. The van der Waals surface area contributed by atoms with Crippen LogP contribution in [0.2, 0.25) is 0 Å². The number of anilines is 1. The fraction of sp³-hybridized carbons (Fsp3) is 0. The third-order valence-corrected chi connectivity index (χ3v) is 4.68. The van der Waals surface area contributed by atoms with Gasteiger partial charge in [0.05, 0.1) is 10.6 Å². The highest BCUT2D eigenvalue weighted by Gasteiger charge is 2.34. The zero-order chi connectivity index (χ0) is 21.3. The first-order chi connectivity index (χ1) is 14.4. The van der Waals surface area contributed by atoms with Gasteiger partial charge in [-0.1, -0.05) is 18.2 Å². The highest BCUT2D eigenvalue weighted by Crippen LogP contribution is 2.27. The number of para-hydroxylation sites is 1. The fourth-order valence-corrected chi connectivity index (χ4v) is 3.23. The topological polar surface area (TPSA) is 106 Å². The van der Waals surface area contributed by atoms with Crippen LogP contribution in [0.15, 0.2) is 76.7 Å². The molecule has 1 N–H and O–H groups in total. The number of furan rings is 1. The molecule has 0 spiro atoms. The first kappa shape index (κ1) is 19.2. The SMILES string of the molecule is O=C1NC(=S)N(c2ccccc2)C(=O)C1=Cc1ccc(-c2ccc([N+](=O)[O-])cc2)o1. The standard InChI is InChI=1S/C21H13N3O5S/c25-19-17(20(26)23(21(30)22-19)14-4-2-1-3-5-14)12-16-10-11-18(29-16)13-6-8-15(9-7-13)24(27)28/h1-12H,(H,22,25,30). The minimum atomic E-state index is -0.620. The lowest BCUT2D eigenvalue weighted by Crippen LogP contribution is -2.54. The average molecular weight is 419 g/mol. The van der Waals surface area contributed by atoms with E-state index in [-0.39, 0.29) is 22.1 Å². The lowest BCUT2D eigenvalue weighted by molar-refractivity contribution is -0.384. The summed E-state index contributed by atoms with van der Waals surface area (Å²) in [6.45, 7) is 0. The molecule has 2 aromatic carbocycles. The molecular formula is C21H13N3O5S. The Morgan fingerprint density at radius 1 is 1.00 bits per heavy atom. The maximum Gasteiger partial charge on any atom is 0.270 e. The summed E-state index contributed by atoms with van der Waals surface area (Å²) in [6, 6.07) is 17.8. The van der Waals surface area contributed by atoms with Crippen molar-refractivity contribution in [2.75, 3.05) is 4.90 Å². The molecule has 0 bridgehead atoms. The number of nitrogens with one attached hydrogen (secondary N) is 1. The largest absolute Gasteiger partial charge is 0.457 e. The summed E-state index contributed by atoms with van der Waals surface area (Å²) in [7, 11) is 0. The van der Waals surface area contributed by atoms with Crippen LogP contribution in [-0.4, -0.2) is 21.9 Å². The van der Waals surface area contributed by atoms with Gasteiger partial charge >= 0.3 is 0 Å². The van der Waals surface area contributed by atoms with Crippen molar-refractivity contribution >= 4 is 46.6 Å². The first-order valence-electron chi connectivity index (χ1n) is 8.75. The maximum atomic E-state index is 12.9. The molecule has 0 unspecified atom stereocenters. The van der Waals surface area contributed by atoms with Crippen molar-refractivity contribution < 1.29 is 18.9 Å². The molecule has 1 saturated heterocycles. The third-order valence-electron chi connectivity index (χ3n) is 4.39. The van der Waals surface area contributed by atoms with Crippen molar-refractivity contribution in [3.8, 4) is 11.3 Å². The molecule has 0 atom stereocenters. The molecule has 2 amide bonds. The Morgan fingerprint density at radius 2 is 1.70 bits per heavy atom. The fourth-order valence-electron chi connectivity index (χ4n) is 2.94. The Hall–Kier alpha value is -4.11. The number of thiocarbonyl (C=S) groups is 1. The van der Waals surface area contributed by atoms with E-state index in [1.165, 1.54) is 23.1 Å². The van der Waals surface area contributed by atoms with E-state index < -0.39 is 16.7 Å². The Morgan fingerprint density at radius 3 is 2.37 bits per heavy atom. The number of carbonyl (C=O) groups excluding carboxylic acids is 2. The highest BCUT2D eigenvalue weighted by molar-refractivity contribution is 7.80. The summed E-state index contributed by atoms with van der Waals surface area (Å²) < 4.78 is 5.71. The van der Waals surface area contributed by atoms with E-state index in [2.05, 4.69) is 5.32 Å². The summed E-state index contributed by atoms with van der Waals surface area (Å²) in [5, 5.41) is 13.3. The smallest absolute Gasteiger partial charge is 0.270 e. The molecule has 1 aliphatic rings. The Labute approximate surface area is 175 Å². The predicted octanol–water partition coefficient (Wildman–Crippen LogP) is 3.69. The van der Waals surface area contributed by atoms with Gasteiger partial charge in [0.1, 0.15) is 17.1 Å². The van der Waals surface area contributed by atoms with Gasteiger partial charge in [-0.25, -0.2) is 0 Å². The van der Waals surface area contributed by atoms with Gasteiger partial charge in [-0.15, -0.1) is 0 Å². The van der Waals surface area contributed by atoms with Crippen LogP contribution < -0.4 is 10.2 Å². The van der Waals surface area contributed by atoms with Crippen LogP contribution in [-0.2, 0) is 9.59 Å². The number of rotatable bonds is 4. The number of nitro groups is 1. The number of amides is 2. The van der Waals surface area contributed by atoms with Crippen LogP contribution in [0.25, 0.3) is 17.4 Å². The van der Waals surface area contributed by atoms with Crippen LogP contribution in [0.5, 0.6) is 0 Å². The van der Waals surface area contributed by atoms with Crippen molar-refractivity contribution in [2.24, 2.45) is 0 Å². The second kappa shape index (κ2) is 7.72. The number of benzene rings is 2. The van der Waals surface area contributed by atoms with Gasteiger partial charge in [0, 0.05) is 17.7 Å². The van der Waals surface area contributed by atoms with E-state index in [1.54, 1.807) is 54.6 Å². The summed E-state index contributed by atoms with van der Waals surface area (Å²) in [4.78, 5) is 36.8. The third kappa shape index (κ3) is 3.61. The lowest BCUT2D eigenvalue weighted by Gasteiger charge is -2.28. The van der Waals surface area contributed by atoms with E-state index in [4.69, 9.17) is 16.6 Å². The molecule has 3 aromatic rings. The summed E-state index contributed by atoms with van der Waals surface area (Å²) in [5.74, 6) is -0.466. The van der Waals surface area contributed by atoms with Crippen molar-refractivity contribution in [3.63, 3.8) is 0 Å². The number of hydrogen-bond donors (Lipinski definition) is 1. The zero-order valence-electron chi connectivity index (χ0n) is 15.3. The Balaban J connectivity index is 1.64. The number of carbonyl (C=O) groups is 2. The molecule has 9 heteroatoms. The van der Waals surface area contributed by atoms with Crippen molar-refractivity contribution in [1.29, 1.82) is 0 Å². The molecule has 4 rings (SSSR count). The first-order valence-corrected chi connectivity index (χ1v) is 9.16. The van der Waals surface area contributed by atoms with Crippen LogP contribution in [0, 0.1) is 10.1 Å². The predicted molar refractivity (Wildman–Crippen MR) is 113 cm³/mol. The zero-order valence-corrected chi connectivity index (χ0v) is 16.1. The van der Waals surface area contributed by atoms with Gasteiger partial charge in [0.15, 0.2) is 5.11 Å². The molecule has 0 saturated carbocycles. The van der Waals surface area contributed by atoms with E-state index in [0.29, 0.717) is 17.0 Å². The van der Waals surface area contributed by atoms with Crippen LogP contribution in [0.1, 0.15) is 5.76 Å². The number of non-ortho nitro benzene ring substituents is 1. The minimum absolute atomic E-state index is 0.000589. The molecule has 8 nitrogen and oxygen atoms in total. The Bertz CT molecular complexity index is 1200. The van der Waals surface area contributed by atoms with Gasteiger partial charge in [0.2, 0.25) is 0 Å². The van der Waals surface area contributed by atoms with Crippen LogP contribution >= 0.6 is 12.2 Å². The number of nitro benzene ring substituents is 1. The van der Waals surface area contributed by atoms with Crippen LogP contribution in [0.4, 0.5) is 11.4 Å². The van der Waals surface area contributed by atoms with E-state index >= 15 is 0 Å². The summed E-state index contributed by atoms with van der Waals surface area (Å²) in [6.07, 6.45) is 1.34. The van der Waals surface area contributed by atoms with Crippen LogP contribution in [0.3, 0.4) is 0 Å². The summed E-state index contributed by atoms with van der Waals surface area (Å²) in [5.41, 5.74) is 0.993. The lowest BCUT2D eigenvalue weighted by atomic mass is 10.1. The average Bonchev–Trinajstić information content (AvgIpc) is 3.20. The maximum absolute atomic E-state index is 12.9. The van der Waals surface area contributed by atoms with E-state index in [9.17, 15) is 19.7 Å². The van der Waals surface area contributed by atoms with E-state index in [1.807, 2.05) is 0 Å². The number of hydrogen-bond acceptors (Lipinski definition) is 6. The monoisotopic (exact) mass is 419 g/mol. The van der Waals surface area contributed by atoms with Crippen molar-refractivity contribution in [1.82, 2.24) is 5.32 Å². The molecule has 148 valence electrons. The number of nitrogens with zero attached hydrogens (tertiary/aromatic N) is 2. The second-order valence-corrected chi connectivity index (χ2v) is 6.69. The molecule has 0 aliphatic carbocycles. The summed E-state index contributed by atoms with van der Waals surface area (Å²) >= 11 is 5.15. The van der Waals surface area contributed by atoms with E-state index in [0.717, 1.165) is 0 Å². The Kier molecular flexibility index (Phi) is 4.95. The van der Waals surface area contributed by atoms with Gasteiger partial charge in [-0.05, 0) is 54.7 Å². The molecule has 2 heterocycles. The highest BCUT2D eigenvalue weighted by atomic mass is 32.1. The molecule has 1 fully saturated rings. The molecule has 0 radical (unpaired) electrons. The van der Waals surface area contributed by atoms with Gasteiger partial charge < -0.3 is 4.42 Å². The molecule has 1 aromatic heterocycles. The minimum Gasteiger partial charge on any atom is -0.457 e. The quantitative estimate of drug-likeness (QED) is 0.227. The van der Waals surface area contributed by atoms with Gasteiger partial charge in [0.25, 0.3) is 17.5 Å². The van der Waals surface area contributed by atoms with Gasteiger partial charge in [-0.2, -0.15) is 0 Å². The van der Waals surface area contributed by atoms with Gasteiger partial charge in [-0.3, -0.25) is 29.9 Å². The molecule has 30 heavy (non-hydrogen) atoms.